The first-order valence-corrected chi connectivity index (χ1v) is 8.92. The highest BCUT2D eigenvalue weighted by Gasteiger charge is 2.21. The van der Waals surface area contributed by atoms with Crippen molar-refractivity contribution in [2.75, 3.05) is 11.8 Å². The molecule has 130 valence electrons. The van der Waals surface area contributed by atoms with Crippen molar-refractivity contribution < 1.29 is 17.9 Å². The summed E-state index contributed by atoms with van der Waals surface area (Å²) in [5.74, 6) is -0.591. The average molecular weight is 351 g/mol. The lowest BCUT2D eigenvalue weighted by molar-refractivity contribution is 0.0600. The van der Waals surface area contributed by atoms with Crippen LogP contribution in [-0.4, -0.2) is 31.3 Å². The molecule has 0 amide bonds. The Balaban J connectivity index is 2.41. The number of esters is 1. The number of aryl methyl sites for hydroxylation is 1. The summed E-state index contributed by atoms with van der Waals surface area (Å²) in [4.78, 5) is 11.6. The lowest BCUT2D eigenvalue weighted by Gasteiger charge is -2.11. The van der Waals surface area contributed by atoms with E-state index in [0.717, 1.165) is 5.69 Å². The molecule has 0 saturated heterocycles. The highest BCUT2D eigenvalue weighted by molar-refractivity contribution is 7.92. The van der Waals surface area contributed by atoms with Crippen LogP contribution in [0.15, 0.2) is 29.2 Å². The molecule has 0 spiro atoms. The first kappa shape index (κ1) is 18.0. The van der Waals surface area contributed by atoms with Crippen LogP contribution in [0.1, 0.15) is 41.6 Å². The average Bonchev–Trinajstić information content (AvgIpc) is 2.82. The Morgan fingerprint density at radius 1 is 1.29 bits per heavy atom. The van der Waals surface area contributed by atoms with Gasteiger partial charge in [0.05, 0.1) is 34.6 Å². The molecule has 1 aromatic carbocycles. The van der Waals surface area contributed by atoms with Gasteiger partial charge in [-0.2, -0.15) is 5.10 Å². The highest BCUT2D eigenvalue weighted by Crippen LogP contribution is 2.25. The van der Waals surface area contributed by atoms with Crippen LogP contribution in [-0.2, 0) is 14.8 Å². The van der Waals surface area contributed by atoms with E-state index < -0.39 is 16.0 Å². The summed E-state index contributed by atoms with van der Waals surface area (Å²) in [5.41, 5.74) is 1.95. The maximum atomic E-state index is 12.6. The second-order valence-electron chi connectivity index (χ2n) is 5.71. The quantitative estimate of drug-likeness (QED) is 0.836. The van der Waals surface area contributed by atoms with Crippen LogP contribution in [0, 0.1) is 13.8 Å². The minimum absolute atomic E-state index is 0.0125. The second-order valence-corrected chi connectivity index (χ2v) is 7.39. The van der Waals surface area contributed by atoms with Crippen LogP contribution < -0.4 is 4.72 Å². The summed E-state index contributed by atoms with van der Waals surface area (Å²) >= 11 is 0. The van der Waals surface area contributed by atoms with E-state index in [2.05, 4.69) is 14.6 Å². The number of hydrogen-bond acceptors (Lipinski definition) is 5. The van der Waals surface area contributed by atoms with Gasteiger partial charge in [-0.3, -0.25) is 9.40 Å². The Bertz CT molecular complexity index is 869. The fraction of sp³-hybridized carbons (Fsp3) is 0.375. The minimum atomic E-state index is -3.85. The number of hydrogen-bond donors (Lipinski definition) is 1. The molecule has 8 heteroatoms. The molecule has 1 N–H and O–H groups in total. The van der Waals surface area contributed by atoms with Crippen molar-refractivity contribution in [1.82, 2.24) is 9.78 Å². The Labute approximate surface area is 141 Å². The van der Waals surface area contributed by atoms with Crippen LogP contribution in [0.25, 0.3) is 0 Å². The molecule has 2 aromatic rings. The fourth-order valence-electron chi connectivity index (χ4n) is 2.41. The van der Waals surface area contributed by atoms with Gasteiger partial charge < -0.3 is 4.74 Å². The van der Waals surface area contributed by atoms with E-state index in [9.17, 15) is 13.2 Å². The first-order valence-electron chi connectivity index (χ1n) is 7.44. The third-order valence-electron chi connectivity index (χ3n) is 3.62. The van der Waals surface area contributed by atoms with Gasteiger partial charge in [0.1, 0.15) is 0 Å². The van der Waals surface area contributed by atoms with Crippen molar-refractivity contribution in [3.05, 3.63) is 41.2 Å². The van der Waals surface area contributed by atoms with Gasteiger partial charge in [-0.1, -0.05) is 6.07 Å². The number of anilines is 1. The zero-order valence-electron chi connectivity index (χ0n) is 14.3. The van der Waals surface area contributed by atoms with E-state index >= 15 is 0 Å². The third kappa shape index (κ3) is 3.43. The summed E-state index contributed by atoms with van der Waals surface area (Å²) in [7, 11) is -2.60. The molecule has 0 radical (unpaired) electrons. The number of ether oxygens (including phenoxy) is 1. The Hall–Kier alpha value is -2.35. The van der Waals surface area contributed by atoms with Crippen molar-refractivity contribution in [2.24, 2.45) is 0 Å². The Morgan fingerprint density at radius 3 is 2.50 bits per heavy atom. The van der Waals surface area contributed by atoms with E-state index in [0.29, 0.717) is 11.4 Å². The molecule has 7 nitrogen and oxygen atoms in total. The molecule has 0 aliphatic rings. The van der Waals surface area contributed by atoms with E-state index in [1.54, 1.807) is 11.6 Å². The molecule has 0 aliphatic carbocycles. The lowest BCUT2D eigenvalue weighted by atomic mass is 10.2. The molecule has 0 bridgehead atoms. The SMILES string of the molecule is COC(=O)c1cccc(S(=O)(=O)Nc2c(C)nn(C(C)C)c2C)c1. The lowest BCUT2D eigenvalue weighted by Crippen LogP contribution is -2.15. The van der Waals surface area contributed by atoms with E-state index in [1.165, 1.54) is 31.4 Å². The molecule has 0 fully saturated rings. The van der Waals surface area contributed by atoms with Crippen LogP contribution in [0.2, 0.25) is 0 Å². The van der Waals surface area contributed by atoms with Crippen LogP contribution in [0.3, 0.4) is 0 Å². The number of aromatic nitrogens is 2. The predicted molar refractivity (Wildman–Crippen MR) is 90.7 cm³/mol. The maximum Gasteiger partial charge on any atom is 0.337 e. The largest absolute Gasteiger partial charge is 0.465 e. The molecule has 0 saturated carbocycles. The summed E-state index contributed by atoms with van der Waals surface area (Å²) in [5, 5.41) is 4.36. The number of carbonyl (C=O) groups is 1. The number of nitrogens with one attached hydrogen (secondary N) is 1. The van der Waals surface area contributed by atoms with Crippen LogP contribution in [0.5, 0.6) is 0 Å². The fourth-order valence-corrected chi connectivity index (χ4v) is 3.64. The van der Waals surface area contributed by atoms with Gasteiger partial charge in [0, 0.05) is 6.04 Å². The third-order valence-corrected chi connectivity index (χ3v) is 4.96. The van der Waals surface area contributed by atoms with Gasteiger partial charge in [0.2, 0.25) is 0 Å². The Kier molecular flexibility index (Phi) is 4.98. The van der Waals surface area contributed by atoms with Gasteiger partial charge in [0.15, 0.2) is 0 Å². The Morgan fingerprint density at radius 2 is 1.96 bits per heavy atom. The maximum absolute atomic E-state index is 12.6. The molecule has 0 unspecified atom stereocenters. The minimum Gasteiger partial charge on any atom is -0.465 e. The van der Waals surface area contributed by atoms with Crippen molar-refractivity contribution in [3.8, 4) is 0 Å². The van der Waals surface area contributed by atoms with Gasteiger partial charge in [-0.15, -0.1) is 0 Å². The van der Waals surface area contributed by atoms with E-state index in [-0.39, 0.29) is 16.5 Å². The number of carbonyl (C=O) groups excluding carboxylic acids is 1. The molecule has 0 aliphatic heterocycles. The predicted octanol–water partition coefficient (Wildman–Crippen LogP) is 2.67. The van der Waals surface area contributed by atoms with Gasteiger partial charge >= 0.3 is 5.97 Å². The summed E-state index contributed by atoms with van der Waals surface area (Å²) in [6.07, 6.45) is 0. The first-order chi connectivity index (χ1) is 11.2. The van der Waals surface area contributed by atoms with Crippen molar-refractivity contribution in [3.63, 3.8) is 0 Å². The number of benzene rings is 1. The molecule has 2 rings (SSSR count). The normalized spacial score (nSPS) is 11.6. The zero-order chi connectivity index (χ0) is 18.1. The van der Waals surface area contributed by atoms with Gasteiger partial charge in [-0.25, -0.2) is 13.2 Å². The summed E-state index contributed by atoms with van der Waals surface area (Å²) in [6, 6.07) is 5.82. The molecule has 1 heterocycles. The second kappa shape index (κ2) is 6.64. The van der Waals surface area contributed by atoms with E-state index in [1.807, 2.05) is 20.8 Å². The number of rotatable bonds is 5. The molecule has 1 aromatic heterocycles. The summed E-state index contributed by atoms with van der Waals surface area (Å²) < 4.78 is 34.2. The number of sulfonamides is 1. The van der Waals surface area contributed by atoms with Gasteiger partial charge in [0.25, 0.3) is 10.0 Å². The zero-order valence-corrected chi connectivity index (χ0v) is 15.1. The van der Waals surface area contributed by atoms with Crippen molar-refractivity contribution >= 4 is 21.7 Å². The smallest absolute Gasteiger partial charge is 0.337 e. The standard InChI is InChI=1S/C16H21N3O4S/c1-10(2)19-12(4)15(11(3)17-19)18-24(21,22)14-8-6-7-13(9-14)16(20)23-5/h6-10,18H,1-5H3. The van der Waals surface area contributed by atoms with Crippen LogP contribution in [0.4, 0.5) is 5.69 Å². The van der Waals surface area contributed by atoms with Gasteiger partial charge in [-0.05, 0) is 45.9 Å². The van der Waals surface area contributed by atoms with Crippen molar-refractivity contribution in [1.29, 1.82) is 0 Å². The molecule has 24 heavy (non-hydrogen) atoms. The molecular weight excluding hydrogens is 330 g/mol. The summed E-state index contributed by atoms with van der Waals surface area (Å²) in [6.45, 7) is 7.49. The van der Waals surface area contributed by atoms with Crippen LogP contribution >= 0.6 is 0 Å². The molecular formula is C16H21N3O4S. The monoisotopic (exact) mass is 351 g/mol. The van der Waals surface area contributed by atoms with Crippen molar-refractivity contribution in [2.45, 2.75) is 38.6 Å². The number of methoxy groups -OCH3 is 1. The topological polar surface area (TPSA) is 90.3 Å². The van der Waals surface area contributed by atoms with E-state index in [4.69, 9.17) is 0 Å². The molecule has 0 atom stereocenters. The highest BCUT2D eigenvalue weighted by atomic mass is 32.2. The number of nitrogens with zero attached hydrogens (tertiary/aromatic N) is 2.